The zero-order chi connectivity index (χ0) is 12.8. The fourth-order valence-electron chi connectivity index (χ4n) is 1.84. The molecule has 3 heteroatoms. The first kappa shape index (κ1) is 13.3. The van der Waals surface area contributed by atoms with Gasteiger partial charge in [-0.05, 0) is 41.3 Å². The van der Waals surface area contributed by atoms with Crippen LogP contribution < -0.4 is 5.32 Å². The molecular formula is C15H19NOS. The Morgan fingerprint density at radius 3 is 2.61 bits per heavy atom. The minimum absolute atomic E-state index is 0.0881. The molecule has 2 rings (SSSR count). The minimum atomic E-state index is -0.356. The Morgan fingerprint density at radius 1 is 1.17 bits per heavy atom. The van der Waals surface area contributed by atoms with E-state index < -0.39 is 0 Å². The van der Waals surface area contributed by atoms with Gasteiger partial charge in [0.05, 0.1) is 6.10 Å². The van der Waals surface area contributed by atoms with Gasteiger partial charge < -0.3 is 10.4 Å². The Labute approximate surface area is 112 Å². The van der Waals surface area contributed by atoms with Gasteiger partial charge in [0.2, 0.25) is 0 Å². The second kappa shape index (κ2) is 6.69. The summed E-state index contributed by atoms with van der Waals surface area (Å²) in [5.41, 5.74) is 2.45. The molecule has 0 amide bonds. The second-order valence-corrected chi connectivity index (χ2v) is 5.34. The molecule has 0 spiro atoms. The third-order valence-corrected chi connectivity index (χ3v) is 3.81. The summed E-state index contributed by atoms with van der Waals surface area (Å²) in [6.07, 6.45) is 0.338. The molecule has 0 saturated carbocycles. The minimum Gasteiger partial charge on any atom is -0.391 e. The largest absolute Gasteiger partial charge is 0.391 e. The summed E-state index contributed by atoms with van der Waals surface area (Å²) in [6, 6.07) is 12.3. The van der Waals surface area contributed by atoms with E-state index in [-0.39, 0.29) is 12.1 Å². The Balaban J connectivity index is 1.80. The van der Waals surface area contributed by atoms with E-state index in [2.05, 4.69) is 34.3 Å². The molecule has 1 aromatic carbocycles. The van der Waals surface area contributed by atoms with Crippen molar-refractivity contribution in [2.45, 2.75) is 32.0 Å². The summed E-state index contributed by atoms with van der Waals surface area (Å²) in [5.74, 6) is 0. The predicted octanol–water partition coefficient (Wildman–Crippen LogP) is 2.83. The molecule has 1 heterocycles. The molecule has 0 aliphatic heterocycles. The zero-order valence-corrected chi connectivity index (χ0v) is 11.4. The van der Waals surface area contributed by atoms with E-state index in [1.165, 1.54) is 11.1 Å². The quantitative estimate of drug-likeness (QED) is 0.838. The van der Waals surface area contributed by atoms with Crippen LogP contribution in [0.15, 0.2) is 47.2 Å². The number of thiophene rings is 1. The van der Waals surface area contributed by atoms with Crippen LogP contribution in [0, 0.1) is 0 Å². The summed E-state index contributed by atoms with van der Waals surface area (Å²) >= 11 is 1.70. The highest BCUT2D eigenvalue weighted by Crippen LogP contribution is 2.08. The van der Waals surface area contributed by atoms with Gasteiger partial charge in [-0.1, -0.05) is 30.3 Å². The van der Waals surface area contributed by atoms with Crippen LogP contribution in [0.25, 0.3) is 0 Å². The van der Waals surface area contributed by atoms with Crippen LogP contribution in [0.5, 0.6) is 0 Å². The first-order valence-electron chi connectivity index (χ1n) is 6.22. The average Bonchev–Trinajstić information content (AvgIpc) is 2.90. The third-order valence-electron chi connectivity index (χ3n) is 3.07. The molecule has 2 N–H and O–H groups in total. The van der Waals surface area contributed by atoms with E-state index in [0.717, 1.165) is 6.54 Å². The van der Waals surface area contributed by atoms with Crippen LogP contribution in [0.4, 0.5) is 0 Å². The average molecular weight is 261 g/mol. The molecule has 2 nitrogen and oxygen atoms in total. The van der Waals surface area contributed by atoms with Crippen LogP contribution >= 0.6 is 11.3 Å². The van der Waals surface area contributed by atoms with E-state index in [1.54, 1.807) is 11.3 Å². The fraction of sp³-hybridized carbons (Fsp3) is 0.333. The van der Waals surface area contributed by atoms with Crippen LogP contribution in [-0.2, 0) is 13.0 Å². The molecule has 2 atom stereocenters. The molecule has 0 aliphatic carbocycles. The van der Waals surface area contributed by atoms with Crippen molar-refractivity contribution in [3.63, 3.8) is 0 Å². The Kier molecular flexibility index (Phi) is 4.93. The summed E-state index contributed by atoms with van der Waals surface area (Å²) in [5, 5.41) is 17.7. The van der Waals surface area contributed by atoms with E-state index in [1.807, 2.05) is 25.1 Å². The monoisotopic (exact) mass is 261 g/mol. The summed E-state index contributed by atoms with van der Waals surface area (Å²) in [6.45, 7) is 2.84. The topological polar surface area (TPSA) is 32.3 Å². The first-order valence-corrected chi connectivity index (χ1v) is 7.16. The lowest BCUT2D eigenvalue weighted by Gasteiger charge is -2.20. The highest BCUT2D eigenvalue weighted by Gasteiger charge is 2.14. The van der Waals surface area contributed by atoms with Crippen molar-refractivity contribution in [3.8, 4) is 0 Å². The summed E-state index contributed by atoms with van der Waals surface area (Å²) in [7, 11) is 0. The van der Waals surface area contributed by atoms with Crippen molar-refractivity contribution in [3.05, 3.63) is 58.3 Å². The molecule has 96 valence electrons. The Bertz CT molecular complexity index is 441. The van der Waals surface area contributed by atoms with Crippen molar-refractivity contribution >= 4 is 11.3 Å². The highest BCUT2D eigenvalue weighted by molar-refractivity contribution is 7.07. The van der Waals surface area contributed by atoms with Gasteiger partial charge >= 0.3 is 0 Å². The molecule has 18 heavy (non-hydrogen) atoms. The van der Waals surface area contributed by atoms with Gasteiger partial charge in [-0.25, -0.2) is 0 Å². The third kappa shape index (κ3) is 3.95. The van der Waals surface area contributed by atoms with Gasteiger partial charge in [0.25, 0.3) is 0 Å². The maximum atomic E-state index is 10.1. The normalized spacial score (nSPS) is 14.3. The fourth-order valence-corrected chi connectivity index (χ4v) is 2.51. The summed E-state index contributed by atoms with van der Waals surface area (Å²) < 4.78 is 0. The molecule has 0 fully saturated rings. The van der Waals surface area contributed by atoms with Crippen LogP contribution in [0.1, 0.15) is 18.1 Å². The van der Waals surface area contributed by atoms with Crippen LogP contribution in [0.3, 0.4) is 0 Å². The number of benzene rings is 1. The lowest BCUT2D eigenvalue weighted by atomic mass is 10.0. The SMILES string of the molecule is CC(NCc1ccsc1)C(O)Cc1ccccc1. The van der Waals surface area contributed by atoms with E-state index in [4.69, 9.17) is 0 Å². The maximum Gasteiger partial charge on any atom is 0.0730 e. The van der Waals surface area contributed by atoms with Crippen LogP contribution in [-0.4, -0.2) is 17.3 Å². The second-order valence-electron chi connectivity index (χ2n) is 4.56. The Hall–Kier alpha value is -1.16. The maximum absolute atomic E-state index is 10.1. The van der Waals surface area contributed by atoms with Crippen molar-refractivity contribution in [2.24, 2.45) is 0 Å². The molecule has 0 radical (unpaired) electrons. The standard InChI is InChI=1S/C15H19NOS/c1-12(16-10-14-7-8-18-11-14)15(17)9-13-5-3-2-4-6-13/h2-8,11-12,15-17H,9-10H2,1H3. The number of hydrogen-bond donors (Lipinski definition) is 2. The molecule has 1 aromatic heterocycles. The predicted molar refractivity (Wildman–Crippen MR) is 76.8 cm³/mol. The highest BCUT2D eigenvalue weighted by atomic mass is 32.1. The van der Waals surface area contributed by atoms with Gasteiger partial charge in [0.1, 0.15) is 0 Å². The van der Waals surface area contributed by atoms with Crippen molar-refractivity contribution in [2.75, 3.05) is 0 Å². The lowest BCUT2D eigenvalue weighted by molar-refractivity contribution is 0.134. The number of nitrogens with one attached hydrogen (secondary N) is 1. The van der Waals surface area contributed by atoms with E-state index >= 15 is 0 Å². The molecule has 0 bridgehead atoms. The van der Waals surface area contributed by atoms with Gasteiger partial charge in [-0.15, -0.1) is 0 Å². The molecule has 2 aromatic rings. The number of aliphatic hydroxyl groups excluding tert-OH is 1. The van der Waals surface area contributed by atoms with Gasteiger partial charge in [0, 0.05) is 12.6 Å². The number of aliphatic hydroxyl groups is 1. The van der Waals surface area contributed by atoms with Crippen molar-refractivity contribution in [1.29, 1.82) is 0 Å². The van der Waals surface area contributed by atoms with Gasteiger partial charge in [-0.2, -0.15) is 11.3 Å². The van der Waals surface area contributed by atoms with E-state index in [0.29, 0.717) is 6.42 Å². The Morgan fingerprint density at radius 2 is 1.94 bits per heavy atom. The number of hydrogen-bond acceptors (Lipinski definition) is 3. The lowest BCUT2D eigenvalue weighted by Crippen LogP contribution is -2.38. The van der Waals surface area contributed by atoms with Gasteiger partial charge in [-0.3, -0.25) is 0 Å². The number of rotatable bonds is 6. The van der Waals surface area contributed by atoms with Crippen molar-refractivity contribution in [1.82, 2.24) is 5.32 Å². The van der Waals surface area contributed by atoms with Gasteiger partial charge in [0.15, 0.2) is 0 Å². The first-order chi connectivity index (χ1) is 8.75. The molecular weight excluding hydrogens is 242 g/mol. The zero-order valence-electron chi connectivity index (χ0n) is 10.5. The van der Waals surface area contributed by atoms with Crippen LogP contribution in [0.2, 0.25) is 0 Å². The van der Waals surface area contributed by atoms with E-state index in [9.17, 15) is 5.11 Å². The molecule has 0 saturated heterocycles. The summed E-state index contributed by atoms with van der Waals surface area (Å²) in [4.78, 5) is 0. The molecule has 0 aliphatic rings. The molecule has 2 unspecified atom stereocenters. The van der Waals surface area contributed by atoms with Crippen molar-refractivity contribution < 1.29 is 5.11 Å². The smallest absolute Gasteiger partial charge is 0.0730 e.